The van der Waals surface area contributed by atoms with Gasteiger partial charge in [-0.25, -0.2) is 8.42 Å². The number of carbonyl (C=O) groups is 2. The number of amides is 2. The fraction of sp³-hybridized carbons (Fsp3) is 0.310. The lowest BCUT2D eigenvalue weighted by atomic mass is 10.0. The molecule has 11 heteroatoms. The third-order valence-electron chi connectivity index (χ3n) is 6.22. The Morgan fingerprint density at radius 3 is 2.30 bits per heavy atom. The van der Waals surface area contributed by atoms with Crippen LogP contribution >= 0.6 is 39.1 Å². The summed E-state index contributed by atoms with van der Waals surface area (Å²) in [6.45, 7) is 2.00. The lowest BCUT2D eigenvalue weighted by Gasteiger charge is -2.33. The second-order valence-corrected chi connectivity index (χ2v) is 13.0. The van der Waals surface area contributed by atoms with Crippen LogP contribution in [0, 0.1) is 0 Å². The van der Waals surface area contributed by atoms with Crippen molar-refractivity contribution in [2.45, 2.75) is 38.8 Å². The Bertz CT molecular complexity index is 1420. The van der Waals surface area contributed by atoms with Crippen molar-refractivity contribution in [1.82, 2.24) is 10.2 Å². The minimum absolute atomic E-state index is 0.0130. The van der Waals surface area contributed by atoms with Gasteiger partial charge in [-0.15, -0.1) is 0 Å². The minimum atomic E-state index is -3.95. The number of hydrogen-bond acceptors (Lipinski definition) is 4. The second kappa shape index (κ2) is 14.9. The van der Waals surface area contributed by atoms with E-state index in [0.29, 0.717) is 6.54 Å². The van der Waals surface area contributed by atoms with Crippen LogP contribution in [0.25, 0.3) is 0 Å². The first-order valence-electron chi connectivity index (χ1n) is 12.8. The molecular weight excluding hydrogens is 637 g/mol. The zero-order valence-corrected chi connectivity index (χ0v) is 26.2. The first kappa shape index (κ1) is 31.9. The number of sulfonamides is 1. The molecule has 3 aromatic rings. The van der Waals surface area contributed by atoms with Crippen LogP contribution in [0.15, 0.2) is 77.3 Å². The van der Waals surface area contributed by atoms with E-state index < -0.39 is 28.5 Å². The number of halogens is 3. The summed E-state index contributed by atoms with van der Waals surface area (Å²) in [5.41, 5.74) is 1.72. The Kier molecular flexibility index (Phi) is 11.9. The monoisotopic (exact) mass is 667 g/mol. The number of rotatable bonds is 13. The van der Waals surface area contributed by atoms with Gasteiger partial charge in [0.15, 0.2) is 0 Å². The molecule has 214 valence electrons. The van der Waals surface area contributed by atoms with Crippen LogP contribution in [0.1, 0.15) is 30.9 Å². The van der Waals surface area contributed by atoms with Crippen LogP contribution in [0.4, 0.5) is 5.69 Å². The smallest absolute Gasteiger partial charge is 0.244 e. The maximum atomic E-state index is 14.1. The zero-order valence-electron chi connectivity index (χ0n) is 22.3. The van der Waals surface area contributed by atoms with Gasteiger partial charge in [0.1, 0.15) is 12.6 Å². The molecule has 1 atom stereocenters. The summed E-state index contributed by atoms with van der Waals surface area (Å²) in [7, 11) is -3.95. The van der Waals surface area contributed by atoms with Crippen molar-refractivity contribution < 1.29 is 18.0 Å². The Hall–Kier alpha value is -2.59. The number of nitrogens with one attached hydrogen (secondary N) is 1. The van der Waals surface area contributed by atoms with Gasteiger partial charge in [0.05, 0.1) is 22.0 Å². The first-order valence-corrected chi connectivity index (χ1v) is 16.2. The summed E-state index contributed by atoms with van der Waals surface area (Å²) in [5, 5.41) is 3.12. The van der Waals surface area contributed by atoms with E-state index in [1.807, 2.05) is 61.5 Å². The van der Waals surface area contributed by atoms with Gasteiger partial charge >= 0.3 is 0 Å². The molecule has 7 nitrogen and oxygen atoms in total. The average molecular weight is 669 g/mol. The van der Waals surface area contributed by atoms with Crippen LogP contribution in [-0.4, -0.2) is 50.5 Å². The Labute approximate surface area is 254 Å². The van der Waals surface area contributed by atoms with Gasteiger partial charge < -0.3 is 10.2 Å². The third-order valence-corrected chi connectivity index (χ3v) is 8.65. The number of unbranched alkanes of at least 4 members (excludes halogenated alkanes) is 1. The molecule has 3 rings (SSSR count). The fourth-order valence-electron chi connectivity index (χ4n) is 4.17. The molecule has 0 saturated heterocycles. The molecule has 0 aliphatic rings. The van der Waals surface area contributed by atoms with Gasteiger partial charge in [0.2, 0.25) is 21.8 Å². The minimum Gasteiger partial charge on any atom is -0.354 e. The third kappa shape index (κ3) is 8.96. The quantitative estimate of drug-likeness (QED) is 0.224. The van der Waals surface area contributed by atoms with E-state index >= 15 is 0 Å². The van der Waals surface area contributed by atoms with Crippen molar-refractivity contribution in [1.29, 1.82) is 0 Å². The zero-order chi connectivity index (χ0) is 29.3. The van der Waals surface area contributed by atoms with E-state index in [4.69, 9.17) is 23.2 Å². The Morgan fingerprint density at radius 1 is 0.975 bits per heavy atom. The van der Waals surface area contributed by atoms with E-state index in [9.17, 15) is 18.0 Å². The number of benzene rings is 3. The normalized spacial score (nSPS) is 12.0. The van der Waals surface area contributed by atoms with E-state index in [2.05, 4.69) is 21.2 Å². The van der Waals surface area contributed by atoms with E-state index in [-0.39, 0.29) is 34.6 Å². The van der Waals surface area contributed by atoms with Crippen molar-refractivity contribution >= 4 is 66.7 Å². The van der Waals surface area contributed by atoms with Gasteiger partial charge in [0, 0.05) is 24.0 Å². The van der Waals surface area contributed by atoms with Gasteiger partial charge in [-0.2, -0.15) is 0 Å². The van der Waals surface area contributed by atoms with Crippen LogP contribution < -0.4 is 9.62 Å². The molecule has 40 heavy (non-hydrogen) atoms. The molecule has 3 aromatic carbocycles. The first-order chi connectivity index (χ1) is 19.0. The number of nitrogens with zero attached hydrogens (tertiary/aromatic N) is 2. The second-order valence-electron chi connectivity index (χ2n) is 9.34. The van der Waals surface area contributed by atoms with Crippen molar-refractivity contribution in [3.8, 4) is 0 Å². The molecule has 0 fully saturated rings. The lowest BCUT2D eigenvalue weighted by molar-refractivity contribution is -0.140. The van der Waals surface area contributed by atoms with Crippen LogP contribution in [-0.2, 0) is 32.6 Å². The molecule has 2 amide bonds. The summed E-state index contributed by atoms with van der Waals surface area (Å²) in [6.07, 6.45) is 2.93. The van der Waals surface area contributed by atoms with Crippen molar-refractivity contribution in [3.63, 3.8) is 0 Å². The molecule has 0 saturated carbocycles. The number of hydrogen-bond donors (Lipinski definition) is 1. The predicted octanol–water partition coefficient (Wildman–Crippen LogP) is 6.08. The summed E-state index contributed by atoms with van der Waals surface area (Å²) in [4.78, 5) is 29.1. The summed E-state index contributed by atoms with van der Waals surface area (Å²) >= 11 is 16.0. The topological polar surface area (TPSA) is 86.8 Å². The molecule has 0 aliphatic heterocycles. The molecule has 0 aromatic heterocycles. The van der Waals surface area contributed by atoms with Crippen molar-refractivity contribution in [2.75, 3.05) is 23.7 Å². The molecular formula is C29H32BrCl2N3O4S. The highest BCUT2D eigenvalue weighted by Gasteiger charge is 2.33. The molecule has 0 bridgehead atoms. The van der Waals surface area contributed by atoms with Crippen LogP contribution in [0.5, 0.6) is 0 Å². The molecule has 0 heterocycles. The molecule has 0 unspecified atom stereocenters. The van der Waals surface area contributed by atoms with Crippen molar-refractivity contribution in [3.05, 3.63) is 98.4 Å². The summed E-state index contributed by atoms with van der Waals surface area (Å²) in [6, 6.07) is 20.5. The largest absolute Gasteiger partial charge is 0.354 e. The predicted molar refractivity (Wildman–Crippen MR) is 165 cm³/mol. The molecule has 0 spiro atoms. The highest BCUT2D eigenvalue weighted by molar-refractivity contribution is 9.10. The Morgan fingerprint density at radius 2 is 1.65 bits per heavy atom. The molecule has 0 radical (unpaired) electrons. The molecule has 0 aliphatic carbocycles. The van der Waals surface area contributed by atoms with Crippen molar-refractivity contribution in [2.24, 2.45) is 0 Å². The fourth-order valence-corrected chi connectivity index (χ4v) is 5.92. The highest BCUT2D eigenvalue weighted by Crippen LogP contribution is 2.34. The number of carbonyl (C=O) groups excluding carboxylic acids is 2. The average Bonchev–Trinajstić information content (AvgIpc) is 2.91. The van der Waals surface area contributed by atoms with Gasteiger partial charge in [-0.05, 0) is 41.8 Å². The highest BCUT2D eigenvalue weighted by atomic mass is 79.9. The lowest BCUT2D eigenvalue weighted by Crippen LogP contribution is -2.53. The standard InChI is InChI=1S/C29H32BrCl2N3O4S/c1-3-4-16-33-29(37)26(18-21-10-6-5-7-11-21)34(19-22-12-8-13-23(30)17-22)27(36)20-35(40(2,38)39)25-15-9-14-24(31)28(25)32/h5-15,17,26H,3-4,16,18-20H2,1-2H3,(H,33,37)/t26-/m1/s1. The van der Waals surface area contributed by atoms with E-state index in [1.165, 1.54) is 17.0 Å². The van der Waals surface area contributed by atoms with Gasteiger partial charge in [0.25, 0.3) is 0 Å². The summed E-state index contributed by atoms with van der Waals surface area (Å²) in [5.74, 6) is -0.875. The molecule has 1 N–H and O–H groups in total. The van der Waals surface area contributed by atoms with Gasteiger partial charge in [-0.3, -0.25) is 13.9 Å². The maximum absolute atomic E-state index is 14.1. The number of anilines is 1. The van der Waals surface area contributed by atoms with Crippen LogP contribution in [0.2, 0.25) is 10.0 Å². The van der Waals surface area contributed by atoms with E-state index in [1.54, 1.807) is 6.07 Å². The van der Waals surface area contributed by atoms with Gasteiger partial charge in [-0.1, -0.05) is 101 Å². The van der Waals surface area contributed by atoms with Crippen LogP contribution in [0.3, 0.4) is 0 Å². The Balaban J connectivity index is 2.06. The maximum Gasteiger partial charge on any atom is 0.244 e. The van der Waals surface area contributed by atoms with E-state index in [0.717, 1.165) is 39.0 Å². The summed E-state index contributed by atoms with van der Waals surface area (Å²) < 4.78 is 27.5. The SMILES string of the molecule is CCCCNC(=O)[C@@H](Cc1ccccc1)N(Cc1cccc(Br)c1)C(=O)CN(c1cccc(Cl)c1Cl)S(C)(=O)=O.